The van der Waals surface area contributed by atoms with E-state index in [1.54, 1.807) is 7.11 Å². The predicted molar refractivity (Wildman–Crippen MR) is 63.8 cm³/mol. The van der Waals surface area contributed by atoms with Crippen LogP contribution in [-0.2, 0) is 14.2 Å². The third kappa shape index (κ3) is 5.80. The quantitative estimate of drug-likeness (QED) is 0.605. The van der Waals surface area contributed by atoms with Crippen LogP contribution in [0.1, 0.15) is 26.2 Å². The highest BCUT2D eigenvalue weighted by atomic mass is 16.5. The molecule has 4 heteroatoms. The zero-order valence-electron chi connectivity index (χ0n) is 10.5. The summed E-state index contributed by atoms with van der Waals surface area (Å²) in [7, 11) is 1.73. The first-order chi connectivity index (χ1) is 7.86. The van der Waals surface area contributed by atoms with Gasteiger partial charge in [0, 0.05) is 26.3 Å². The summed E-state index contributed by atoms with van der Waals surface area (Å²) in [6.45, 7) is 6.20. The molecule has 1 aliphatic rings. The Balaban J connectivity index is 1.89. The molecule has 16 heavy (non-hydrogen) atoms. The maximum Gasteiger partial charge on any atom is 0.0809 e. The molecule has 1 fully saturated rings. The zero-order chi connectivity index (χ0) is 11.6. The minimum Gasteiger partial charge on any atom is -0.383 e. The van der Waals surface area contributed by atoms with Crippen molar-refractivity contribution in [1.29, 1.82) is 0 Å². The van der Waals surface area contributed by atoms with E-state index in [-0.39, 0.29) is 0 Å². The maximum absolute atomic E-state index is 5.56. The number of hydrogen-bond donors (Lipinski definition) is 1. The molecule has 0 saturated carbocycles. The average Bonchev–Trinajstić information content (AvgIpc) is 2.80. The van der Waals surface area contributed by atoms with Crippen LogP contribution in [0.25, 0.3) is 0 Å². The van der Waals surface area contributed by atoms with Gasteiger partial charge in [0.05, 0.1) is 25.9 Å². The molecule has 0 bridgehead atoms. The highest BCUT2D eigenvalue weighted by Gasteiger charge is 2.15. The first kappa shape index (κ1) is 13.9. The number of nitrogens with one attached hydrogen (secondary N) is 1. The van der Waals surface area contributed by atoms with Gasteiger partial charge in [-0.3, -0.25) is 0 Å². The van der Waals surface area contributed by atoms with Crippen LogP contribution in [0.15, 0.2) is 0 Å². The first-order valence-corrected chi connectivity index (χ1v) is 6.28. The topological polar surface area (TPSA) is 39.7 Å². The lowest BCUT2D eigenvalue weighted by atomic mass is 10.2. The Morgan fingerprint density at radius 3 is 3.00 bits per heavy atom. The summed E-state index contributed by atoms with van der Waals surface area (Å²) in [6.07, 6.45) is 3.74. The minimum atomic E-state index is 0.334. The smallest absolute Gasteiger partial charge is 0.0809 e. The van der Waals surface area contributed by atoms with Gasteiger partial charge in [0.15, 0.2) is 0 Å². The van der Waals surface area contributed by atoms with Crippen molar-refractivity contribution in [2.75, 3.05) is 40.1 Å². The molecule has 96 valence electrons. The van der Waals surface area contributed by atoms with Gasteiger partial charge in [0.1, 0.15) is 0 Å². The average molecular weight is 231 g/mol. The van der Waals surface area contributed by atoms with Crippen molar-refractivity contribution in [2.45, 2.75) is 38.3 Å². The van der Waals surface area contributed by atoms with Gasteiger partial charge in [-0.05, 0) is 19.3 Å². The van der Waals surface area contributed by atoms with Crippen LogP contribution < -0.4 is 5.32 Å². The van der Waals surface area contributed by atoms with Crippen LogP contribution in [0.4, 0.5) is 0 Å². The standard InChI is InChI=1S/C12H25NO3/c1-3-11(9-14-2)13-6-8-15-10-12-5-4-7-16-12/h11-13H,3-10H2,1-2H3. The lowest BCUT2D eigenvalue weighted by Gasteiger charge is -2.16. The number of ether oxygens (including phenoxy) is 3. The van der Waals surface area contributed by atoms with Crippen LogP contribution in [0.5, 0.6) is 0 Å². The fourth-order valence-corrected chi connectivity index (χ4v) is 1.85. The summed E-state index contributed by atoms with van der Waals surface area (Å²) in [4.78, 5) is 0. The van der Waals surface area contributed by atoms with E-state index in [0.717, 1.165) is 45.8 Å². The van der Waals surface area contributed by atoms with Gasteiger partial charge in [-0.15, -0.1) is 0 Å². The molecule has 0 aromatic rings. The van der Waals surface area contributed by atoms with Gasteiger partial charge in [-0.25, -0.2) is 0 Å². The maximum atomic E-state index is 5.56. The van der Waals surface area contributed by atoms with Crippen LogP contribution in [0.3, 0.4) is 0 Å². The van der Waals surface area contributed by atoms with Crippen molar-refractivity contribution >= 4 is 0 Å². The van der Waals surface area contributed by atoms with Crippen LogP contribution in [-0.4, -0.2) is 52.2 Å². The van der Waals surface area contributed by atoms with Crippen molar-refractivity contribution in [3.8, 4) is 0 Å². The van der Waals surface area contributed by atoms with E-state index in [1.165, 1.54) is 6.42 Å². The lowest BCUT2D eigenvalue weighted by Crippen LogP contribution is -2.35. The van der Waals surface area contributed by atoms with E-state index in [0.29, 0.717) is 12.1 Å². The van der Waals surface area contributed by atoms with Crippen LogP contribution in [0, 0.1) is 0 Å². The third-order valence-electron chi connectivity index (χ3n) is 2.87. The summed E-state index contributed by atoms with van der Waals surface area (Å²) in [5.74, 6) is 0. The van der Waals surface area contributed by atoms with Crippen molar-refractivity contribution in [3.05, 3.63) is 0 Å². The number of methoxy groups -OCH3 is 1. The minimum absolute atomic E-state index is 0.334. The molecule has 1 aliphatic heterocycles. The number of rotatable bonds is 9. The summed E-state index contributed by atoms with van der Waals surface area (Å²) in [6, 6.07) is 0.441. The highest BCUT2D eigenvalue weighted by Crippen LogP contribution is 2.11. The summed E-state index contributed by atoms with van der Waals surface area (Å²) >= 11 is 0. The lowest BCUT2D eigenvalue weighted by molar-refractivity contribution is 0.0172. The van der Waals surface area contributed by atoms with Crippen LogP contribution in [0.2, 0.25) is 0 Å². The third-order valence-corrected chi connectivity index (χ3v) is 2.87. The Kier molecular flexibility index (Phi) is 7.76. The second-order valence-electron chi connectivity index (χ2n) is 4.22. The molecule has 0 aromatic heterocycles. The van der Waals surface area contributed by atoms with Gasteiger partial charge in [0.25, 0.3) is 0 Å². The van der Waals surface area contributed by atoms with Crippen LogP contribution >= 0.6 is 0 Å². The molecule has 2 unspecified atom stereocenters. The van der Waals surface area contributed by atoms with Gasteiger partial charge >= 0.3 is 0 Å². The molecule has 0 spiro atoms. The normalized spacial score (nSPS) is 22.5. The van der Waals surface area contributed by atoms with Gasteiger partial charge < -0.3 is 19.5 Å². The Morgan fingerprint density at radius 1 is 1.50 bits per heavy atom. The molecule has 1 rings (SSSR count). The van der Waals surface area contributed by atoms with Crippen molar-refractivity contribution in [2.24, 2.45) is 0 Å². The summed E-state index contributed by atoms with van der Waals surface area (Å²) in [5.41, 5.74) is 0. The monoisotopic (exact) mass is 231 g/mol. The van der Waals surface area contributed by atoms with Crippen molar-refractivity contribution in [3.63, 3.8) is 0 Å². The zero-order valence-corrected chi connectivity index (χ0v) is 10.5. The largest absolute Gasteiger partial charge is 0.383 e. The molecule has 4 nitrogen and oxygen atoms in total. The van der Waals surface area contributed by atoms with E-state index >= 15 is 0 Å². The fourth-order valence-electron chi connectivity index (χ4n) is 1.85. The highest BCUT2D eigenvalue weighted by molar-refractivity contribution is 4.65. The van der Waals surface area contributed by atoms with Crippen molar-refractivity contribution < 1.29 is 14.2 Å². The SMILES string of the molecule is CCC(COC)NCCOCC1CCCO1. The molecular formula is C12H25NO3. The predicted octanol–water partition coefficient (Wildman–Crippen LogP) is 1.20. The first-order valence-electron chi connectivity index (χ1n) is 6.28. The molecule has 1 N–H and O–H groups in total. The second-order valence-corrected chi connectivity index (χ2v) is 4.22. The van der Waals surface area contributed by atoms with E-state index in [4.69, 9.17) is 14.2 Å². The molecule has 0 aromatic carbocycles. The molecule has 0 amide bonds. The van der Waals surface area contributed by atoms with E-state index in [1.807, 2.05) is 0 Å². The molecule has 2 atom stereocenters. The Morgan fingerprint density at radius 2 is 2.38 bits per heavy atom. The molecule has 1 saturated heterocycles. The van der Waals surface area contributed by atoms with E-state index in [2.05, 4.69) is 12.2 Å². The second kappa shape index (κ2) is 8.93. The van der Waals surface area contributed by atoms with Gasteiger partial charge in [-0.2, -0.15) is 0 Å². The van der Waals surface area contributed by atoms with Gasteiger partial charge in [-0.1, -0.05) is 6.92 Å². The molecule has 0 aliphatic carbocycles. The Bertz CT molecular complexity index is 160. The fraction of sp³-hybridized carbons (Fsp3) is 1.00. The Labute approximate surface area is 98.6 Å². The summed E-state index contributed by atoms with van der Waals surface area (Å²) in [5, 5.41) is 3.40. The Hall–Kier alpha value is -0.160. The van der Waals surface area contributed by atoms with E-state index < -0.39 is 0 Å². The molecule has 0 radical (unpaired) electrons. The molecule has 1 heterocycles. The summed E-state index contributed by atoms with van der Waals surface area (Å²) < 4.78 is 16.1. The van der Waals surface area contributed by atoms with E-state index in [9.17, 15) is 0 Å². The molecular weight excluding hydrogens is 206 g/mol. The van der Waals surface area contributed by atoms with Gasteiger partial charge in [0.2, 0.25) is 0 Å². The number of hydrogen-bond acceptors (Lipinski definition) is 4. The van der Waals surface area contributed by atoms with Crippen molar-refractivity contribution in [1.82, 2.24) is 5.32 Å².